The van der Waals surface area contributed by atoms with Crippen molar-refractivity contribution in [3.63, 3.8) is 0 Å². The molecule has 0 aliphatic carbocycles. The second-order valence-electron chi connectivity index (χ2n) is 9.03. The van der Waals surface area contributed by atoms with Crippen molar-refractivity contribution in [3.05, 3.63) is 70.5 Å². The van der Waals surface area contributed by atoms with Gasteiger partial charge in [0.25, 0.3) is 5.91 Å². The van der Waals surface area contributed by atoms with Crippen molar-refractivity contribution in [2.75, 3.05) is 39.3 Å². The molecule has 7 nitrogen and oxygen atoms in total. The van der Waals surface area contributed by atoms with E-state index in [0.717, 1.165) is 25.2 Å². The summed E-state index contributed by atoms with van der Waals surface area (Å²) >= 11 is 6.09. The van der Waals surface area contributed by atoms with Crippen LogP contribution in [0.1, 0.15) is 35.3 Å². The number of halogens is 2. The Morgan fingerprint density at radius 3 is 2.37 bits per heavy atom. The second kappa shape index (κ2) is 11.2. The zero-order chi connectivity index (χ0) is 24.9. The first kappa shape index (κ1) is 25.1. The molecule has 2 aliphatic rings. The highest BCUT2D eigenvalue weighted by Gasteiger charge is 2.42. The molecule has 2 aromatic carbocycles. The van der Waals surface area contributed by atoms with Crippen molar-refractivity contribution in [1.82, 2.24) is 15.1 Å². The number of carbonyl (C=O) groups is 3. The molecular formula is C26H29ClFN3O4. The largest absolute Gasteiger partial charge is 0.459 e. The topological polar surface area (TPSA) is 79.0 Å². The van der Waals surface area contributed by atoms with Crippen LogP contribution in [0.25, 0.3) is 0 Å². The summed E-state index contributed by atoms with van der Waals surface area (Å²) in [7, 11) is 0. The van der Waals surface area contributed by atoms with Gasteiger partial charge in [0, 0.05) is 32.7 Å². The minimum absolute atomic E-state index is 0.0611. The van der Waals surface area contributed by atoms with E-state index in [1.54, 1.807) is 11.8 Å². The third kappa shape index (κ3) is 5.82. The Hall–Kier alpha value is -2.97. The highest BCUT2D eigenvalue weighted by molar-refractivity contribution is 6.34. The molecule has 4 rings (SSSR count). The molecule has 0 spiro atoms. The number of carbonyl (C=O) groups excluding carboxylic acids is 3. The summed E-state index contributed by atoms with van der Waals surface area (Å²) in [6.07, 6.45) is 0.627. The molecule has 2 fully saturated rings. The van der Waals surface area contributed by atoms with E-state index in [-0.39, 0.29) is 29.1 Å². The molecule has 0 bridgehead atoms. The maximum absolute atomic E-state index is 14.2. The van der Waals surface area contributed by atoms with Gasteiger partial charge in [-0.2, -0.15) is 0 Å². The zero-order valence-corrected chi connectivity index (χ0v) is 20.3. The number of amides is 2. The summed E-state index contributed by atoms with van der Waals surface area (Å²) in [4.78, 5) is 41.0. The van der Waals surface area contributed by atoms with Gasteiger partial charge in [0.15, 0.2) is 0 Å². The summed E-state index contributed by atoms with van der Waals surface area (Å²) in [6, 6.07) is 13.5. The number of esters is 1. The van der Waals surface area contributed by atoms with Gasteiger partial charge in [-0.25, -0.2) is 9.18 Å². The normalized spacial score (nSPS) is 20.4. The van der Waals surface area contributed by atoms with Gasteiger partial charge in [-0.3, -0.25) is 9.59 Å². The number of nitrogens with one attached hydrogen (secondary N) is 1. The average molecular weight is 502 g/mol. The van der Waals surface area contributed by atoms with E-state index in [9.17, 15) is 18.8 Å². The number of nitrogens with zero attached hydrogens (tertiary/aromatic N) is 2. The maximum atomic E-state index is 14.2. The molecule has 1 N–H and O–H groups in total. The van der Waals surface area contributed by atoms with Crippen LogP contribution in [0.3, 0.4) is 0 Å². The first-order valence-electron chi connectivity index (χ1n) is 11.9. The van der Waals surface area contributed by atoms with Crippen LogP contribution in [-0.2, 0) is 14.3 Å². The minimum Gasteiger partial charge on any atom is -0.459 e. The van der Waals surface area contributed by atoms with Crippen LogP contribution in [0, 0.1) is 17.7 Å². The molecule has 2 aromatic rings. The van der Waals surface area contributed by atoms with E-state index < -0.39 is 17.7 Å². The standard InChI is InChI=1S/C26H29ClFN3O4/c1-2-35-26(34)24(32)29-22(17-7-4-3-5-8-17)11-12-30-13-18-15-31(16-19(18)14-30)25(33)23-20(27)9-6-10-21(23)28/h3-10,18-19,22H,2,11-16H2,1H3,(H,29,32)/t18-,19?,22?/m0/s1. The Balaban J connectivity index is 1.33. The van der Waals surface area contributed by atoms with Gasteiger partial charge in [-0.1, -0.05) is 48.0 Å². The Bertz CT molecular complexity index is 1050. The molecule has 35 heavy (non-hydrogen) atoms. The minimum atomic E-state index is -0.885. The molecular weight excluding hydrogens is 473 g/mol. The summed E-state index contributed by atoms with van der Waals surface area (Å²) in [5.74, 6) is -2.00. The van der Waals surface area contributed by atoms with Gasteiger partial charge in [-0.05, 0) is 42.9 Å². The molecule has 2 amide bonds. The number of rotatable bonds is 7. The van der Waals surface area contributed by atoms with Crippen molar-refractivity contribution in [2.45, 2.75) is 19.4 Å². The fourth-order valence-corrected chi connectivity index (χ4v) is 5.28. The fourth-order valence-electron chi connectivity index (χ4n) is 5.03. The van der Waals surface area contributed by atoms with Crippen LogP contribution in [0.2, 0.25) is 5.02 Å². The van der Waals surface area contributed by atoms with Gasteiger partial charge >= 0.3 is 11.9 Å². The Labute approximate surface area is 209 Å². The van der Waals surface area contributed by atoms with Crippen molar-refractivity contribution in [1.29, 1.82) is 0 Å². The number of hydrogen-bond acceptors (Lipinski definition) is 5. The highest BCUT2D eigenvalue weighted by Crippen LogP contribution is 2.33. The summed E-state index contributed by atoms with van der Waals surface area (Å²) < 4.78 is 19.0. The first-order valence-corrected chi connectivity index (χ1v) is 12.2. The van der Waals surface area contributed by atoms with Crippen LogP contribution in [-0.4, -0.2) is 66.9 Å². The van der Waals surface area contributed by atoms with E-state index in [1.165, 1.54) is 18.2 Å². The number of hydrogen-bond donors (Lipinski definition) is 1. The molecule has 186 valence electrons. The summed E-state index contributed by atoms with van der Waals surface area (Å²) in [5.41, 5.74) is 0.858. The van der Waals surface area contributed by atoms with Crippen LogP contribution in [0.4, 0.5) is 4.39 Å². The Morgan fingerprint density at radius 2 is 1.74 bits per heavy atom. The molecule has 9 heteroatoms. The molecule has 2 aliphatic heterocycles. The van der Waals surface area contributed by atoms with Crippen molar-refractivity contribution in [2.24, 2.45) is 11.8 Å². The molecule has 0 saturated carbocycles. The lowest BCUT2D eigenvalue weighted by Gasteiger charge is -2.25. The quantitative estimate of drug-likeness (QED) is 0.465. The molecule has 2 heterocycles. The van der Waals surface area contributed by atoms with Crippen LogP contribution in [0.15, 0.2) is 48.5 Å². The van der Waals surface area contributed by atoms with Crippen LogP contribution >= 0.6 is 11.6 Å². The molecule has 0 aromatic heterocycles. The number of ether oxygens (including phenoxy) is 1. The molecule has 2 unspecified atom stereocenters. The van der Waals surface area contributed by atoms with E-state index in [4.69, 9.17) is 16.3 Å². The van der Waals surface area contributed by atoms with Gasteiger partial charge in [0.05, 0.1) is 23.2 Å². The molecule has 2 saturated heterocycles. The van der Waals surface area contributed by atoms with E-state index in [0.29, 0.717) is 31.3 Å². The lowest BCUT2D eigenvalue weighted by Crippen LogP contribution is -2.38. The summed E-state index contributed by atoms with van der Waals surface area (Å²) in [5, 5.41) is 2.93. The molecule has 3 atom stereocenters. The monoisotopic (exact) mass is 501 g/mol. The van der Waals surface area contributed by atoms with Gasteiger partial charge < -0.3 is 19.9 Å². The van der Waals surface area contributed by atoms with Gasteiger partial charge in [0.1, 0.15) is 5.82 Å². The second-order valence-corrected chi connectivity index (χ2v) is 9.44. The van der Waals surface area contributed by atoms with Gasteiger partial charge in [0.2, 0.25) is 0 Å². The predicted molar refractivity (Wildman–Crippen MR) is 129 cm³/mol. The third-order valence-electron chi connectivity index (χ3n) is 6.73. The number of fused-ring (bicyclic) bond motifs is 1. The third-order valence-corrected chi connectivity index (χ3v) is 7.04. The zero-order valence-electron chi connectivity index (χ0n) is 19.6. The van der Waals surface area contributed by atoms with Gasteiger partial charge in [-0.15, -0.1) is 0 Å². The average Bonchev–Trinajstić information content (AvgIpc) is 3.41. The molecule has 0 radical (unpaired) electrons. The van der Waals surface area contributed by atoms with Crippen LogP contribution in [0.5, 0.6) is 0 Å². The number of benzene rings is 2. The van der Waals surface area contributed by atoms with Crippen molar-refractivity contribution in [3.8, 4) is 0 Å². The SMILES string of the molecule is CCOC(=O)C(=O)NC(CCN1CC2CN(C(=O)c3c(F)cccc3Cl)C[C@@H]2C1)c1ccccc1. The van der Waals surface area contributed by atoms with E-state index >= 15 is 0 Å². The van der Waals surface area contributed by atoms with Crippen molar-refractivity contribution >= 4 is 29.4 Å². The lowest BCUT2D eigenvalue weighted by atomic mass is 10.0. The Kier molecular flexibility index (Phi) is 8.03. The fraction of sp³-hybridized carbons (Fsp3) is 0.423. The maximum Gasteiger partial charge on any atom is 0.396 e. The Morgan fingerprint density at radius 1 is 1.06 bits per heavy atom. The highest BCUT2D eigenvalue weighted by atomic mass is 35.5. The van der Waals surface area contributed by atoms with E-state index in [1.807, 2.05) is 30.3 Å². The summed E-state index contributed by atoms with van der Waals surface area (Å²) in [6.45, 7) is 5.27. The van der Waals surface area contributed by atoms with Crippen LogP contribution < -0.4 is 5.32 Å². The lowest BCUT2D eigenvalue weighted by molar-refractivity contribution is -0.154. The van der Waals surface area contributed by atoms with E-state index in [2.05, 4.69) is 10.2 Å². The predicted octanol–water partition coefficient (Wildman–Crippen LogP) is 3.29. The smallest absolute Gasteiger partial charge is 0.396 e. The van der Waals surface area contributed by atoms with Crippen molar-refractivity contribution < 1.29 is 23.5 Å². The number of likely N-dealkylation sites (tertiary alicyclic amines) is 2. The first-order chi connectivity index (χ1) is 16.9.